The number of halogens is 1. The second kappa shape index (κ2) is 6.98. The number of aromatic carboxylic acids is 1. The Morgan fingerprint density at radius 1 is 1.47 bits per heavy atom. The van der Waals surface area contributed by atoms with Gasteiger partial charge < -0.3 is 15.3 Å². The van der Waals surface area contributed by atoms with Crippen LogP contribution in [0.4, 0.5) is 14.9 Å². The van der Waals surface area contributed by atoms with E-state index in [2.05, 4.69) is 5.32 Å². The van der Waals surface area contributed by atoms with Gasteiger partial charge in [0.25, 0.3) is 0 Å². The number of anilines is 1. The molecule has 0 fully saturated rings. The van der Waals surface area contributed by atoms with Crippen molar-refractivity contribution in [1.29, 1.82) is 0 Å². The smallest absolute Gasteiger partial charge is 0.337 e. The molecule has 1 rings (SSSR count). The van der Waals surface area contributed by atoms with Crippen LogP contribution >= 0.6 is 11.8 Å². The van der Waals surface area contributed by atoms with Gasteiger partial charge in [0.05, 0.1) is 11.3 Å². The van der Waals surface area contributed by atoms with E-state index in [1.54, 1.807) is 18.8 Å². The molecule has 104 valence electrons. The highest BCUT2D eigenvalue weighted by molar-refractivity contribution is 7.98. The summed E-state index contributed by atoms with van der Waals surface area (Å²) in [5.41, 5.74) is -0.581. The normalized spacial score (nSPS) is 10.1. The number of hydrogen-bond acceptors (Lipinski definition) is 3. The number of benzene rings is 1. The fourth-order valence-corrected chi connectivity index (χ4v) is 1.82. The van der Waals surface area contributed by atoms with E-state index in [-0.39, 0.29) is 11.3 Å². The molecule has 0 aliphatic carbocycles. The Morgan fingerprint density at radius 3 is 2.74 bits per heavy atom. The maximum atomic E-state index is 13.6. The third-order valence-electron chi connectivity index (χ3n) is 2.45. The predicted molar refractivity (Wildman–Crippen MR) is 73.4 cm³/mol. The van der Waals surface area contributed by atoms with Gasteiger partial charge in [0.2, 0.25) is 0 Å². The van der Waals surface area contributed by atoms with E-state index in [1.165, 1.54) is 17.0 Å². The summed E-state index contributed by atoms with van der Waals surface area (Å²) in [4.78, 5) is 24.1. The van der Waals surface area contributed by atoms with Crippen LogP contribution in [-0.2, 0) is 0 Å². The van der Waals surface area contributed by atoms with Gasteiger partial charge in [-0.25, -0.2) is 14.0 Å². The highest BCUT2D eigenvalue weighted by atomic mass is 32.2. The summed E-state index contributed by atoms with van der Waals surface area (Å²) in [7, 11) is 1.56. The Morgan fingerprint density at radius 2 is 2.16 bits per heavy atom. The van der Waals surface area contributed by atoms with Crippen molar-refractivity contribution in [3.8, 4) is 0 Å². The Bertz CT molecular complexity index is 482. The predicted octanol–water partition coefficient (Wildman–Crippen LogP) is 2.35. The molecule has 1 aromatic carbocycles. The van der Waals surface area contributed by atoms with Gasteiger partial charge >= 0.3 is 12.0 Å². The number of carboxylic acid groups (broad SMARTS) is 1. The van der Waals surface area contributed by atoms with E-state index >= 15 is 0 Å². The zero-order valence-corrected chi connectivity index (χ0v) is 11.5. The summed E-state index contributed by atoms with van der Waals surface area (Å²) >= 11 is 1.58. The van der Waals surface area contributed by atoms with Crippen LogP contribution in [0.1, 0.15) is 10.4 Å². The molecule has 0 saturated heterocycles. The standard InChI is InChI=1S/C12H15FN2O3S/c1-15(6-7-19-2)12(18)14-10-8(11(16)17)4-3-5-9(10)13/h3-5H,6-7H2,1-2H3,(H,14,18)(H,16,17). The lowest BCUT2D eigenvalue weighted by Gasteiger charge is -2.18. The van der Waals surface area contributed by atoms with Gasteiger partial charge in [-0.2, -0.15) is 11.8 Å². The van der Waals surface area contributed by atoms with E-state index in [1.807, 2.05) is 6.26 Å². The third kappa shape index (κ3) is 4.13. The van der Waals surface area contributed by atoms with E-state index < -0.39 is 17.8 Å². The minimum absolute atomic E-state index is 0.272. The van der Waals surface area contributed by atoms with Crippen molar-refractivity contribution in [2.45, 2.75) is 0 Å². The monoisotopic (exact) mass is 286 g/mol. The molecule has 1 aromatic rings. The van der Waals surface area contributed by atoms with Crippen LogP contribution in [0, 0.1) is 5.82 Å². The lowest BCUT2D eigenvalue weighted by molar-refractivity contribution is 0.0697. The second-order valence-electron chi connectivity index (χ2n) is 3.81. The van der Waals surface area contributed by atoms with Crippen LogP contribution in [-0.4, -0.2) is 47.6 Å². The maximum absolute atomic E-state index is 13.6. The zero-order chi connectivity index (χ0) is 14.4. The average molecular weight is 286 g/mol. The summed E-state index contributed by atoms with van der Waals surface area (Å²) in [6.45, 7) is 0.490. The number of nitrogens with one attached hydrogen (secondary N) is 1. The van der Waals surface area contributed by atoms with Gasteiger partial charge in [-0.3, -0.25) is 0 Å². The average Bonchev–Trinajstić information content (AvgIpc) is 2.37. The van der Waals surface area contributed by atoms with Gasteiger partial charge in [0.15, 0.2) is 0 Å². The molecule has 0 heterocycles. The van der Waals surface area contributed by atoms with Crippen LogP contribution in [0.15, 0.2) is 18.2 Å². The van der Waals surface area contributed by atoms with Crippen LogP contribution in [0.5, 0.6) is 0 Å². The van der Waals surface area contributed by atoms with Gasteiger partial charge in [0, 0.05) is 19.3 Å². The van der Waals surface area contributed by atoms with Gasteiger partial charge in [0.1, 0.15) is 5.82 Å². The minimum atomic E-state index is -1.29. The summed E-state index contributed by atoms with van der Waals surface area (Å²) < 4.78 is 13.6. The van der Waals surface area contributed by atoms with E-state index in [0.29, 0.717) is 6.54 Å². The van der Waals surface area contributed by atoms with Crippen molar-refractivity contribution >= 4 is 29.4 Å². The van der Waals surface area contributed by atoms with Crippen molar-refractivity contribution in [3.05, 3.63) is 29.6 Å². The summed E-state index contributed by atoms with van der Waals surface area (Å²) in [5.74, 6) is -1.32. The molecule has 2 amide bonds. The van der Waals surface area contributed by atoms with Crippen molar-refractivity contribution in [1.82, 2.24) is 4.90 Å². The summed E-state index contributed by atoms with van der Waals surface area (Å²) in [6, 6.07) is 3.08. The molecule has 0 spiro atoms. The summed E-state index contributed by atoms with van der Waals surface area (Å²) in [5, 5.41) is 11.2. The molecular formula is C12H15FN2O3S. The quantitative estimate of drug-likeness (QED) is 0.871. The van der Waals surface area contributed by atoms with E-state index in [4.69, 9.17) is 5.11 Å². The van der Waals surface area contributed by atoms with Gasteiger partial charge in [-0.1, -0.05) is 6.07 Å². The first-order valence-electron chi connectivity index (χ1n) is 5.50. The van der Waals surface area contributed by atoms with E-state index in [0.717, 1.165) is 11.8 Å². The number of para-hydroxylation sites is 1. The number of rotatable bonds is 5. The molecular weight excluding hydrogens is 271 g/mol. The number of nitrogens with zero attached hydrogens (tertiary/aromatic N) is 1. The summed E-state index contributed by atoms with van der Waals surface area (Å²) in [6.07, 6.45) is 1.91. The lowest BCUT2D eigenvalue weighted by atomic mass is 10.1. The molecule has 19 heavy (non-hydrogen) atoms. The SMILES string of the molecule is CSCCN(C)C(=O)Nc1c(F)cccc1C(=O)O. The van der Waals surface area contributed by atoms with Crippen molar-refractivity contribution in [2.24, 2.45) is 0 Å². The first-order valence-corrected chi connectivity index (χ1v) is 6.89. The number of carbonyl (C=O) groups excluding carboxylic acids is 1. The van der Waals surface area contributed by atoms with E-state index in [9.17, 15) is 14.0 Å². The molecule has 0 unspecified atom stereocenters. The molecule has 0 radical (unpaired) electrons. The maximum Gasteiger partial charge on any atom is 0.337 e. The Balaban J connectivity index is 2.87. The van der Waals surface area contributed by atoms with Crippen LogP contribution in [0.2, 0.25) is 0 Å². The van der Waals surface area contributed by atoms with Crippen molar-refractivity contribution in [2.75, 3.05) is 30.9 Å². The largest absolute Gasteiger partial charge is 0.478 e. The molecule has 0 aliphatic rings. The lowest BCUT2D eigenvalue weighted by Crippen LogP contribution is -2.33. The number of carboxylic acids is 1. The molecule has 0 aromatic heterocycles. The Hall–Kier alpha value is -1.76. The van der Waals surface area contributed by atoms with Crippen molar-refractivity contribution in [3.63, 3.8) is 0 Å². The van der Waals surface area contributed by atoms with Gasteiger partial charge in [-0.05, 0) is 18.4 Å². The van der Waals surface area contributed by atoms with Crippen LogP contribution in [0.3, 0.4) is 0 Å². The zero-order valence-electron chi connectivity index (χ0n) is 10.6. The minimum Gasteiger partial charge on any atom is -0.478 e. The first-order chi connectivity index (χ1) is 8.97. The number of thioether (sulfide) groups is 1. The number of amides is 2. The number of hydrogen-bond donors (Lipinski definition) is 2. The van der Waals surface area contributed by atoms with Gasteiger partial charge in [-0.15, -0.1) is 0 Å². The molecule has 0 aliphatic heterocycles. The molecule has 0 bridgehead atoms. The fourth-order valence-electron chi connectivity index (χ4n) is 1.36. The topological polar surface area (TPSA) is 69.6 Å². The highest BCUT2D eigenvalue weighted by Crippen LogP contribution is 2.20. The Labute approximate surface area is 114 Å². The van der Waals surface area contributed by atoms with Crippen molar-refractivity contribution < 1.29 is 19.1 Å². The van der Waals surface area contributed by atoms with Crippen LogP contribution in [0.25, 0.3) is 0 Å². The number of urea groups is 1. The molecule has 0 saturated carbocycles. The molecule has 2 N–H and O–H groups in total. The Kier molecular flexibility index (Phi) is 5.62. The molecule has 5 nitrogen and oxygen atoms in total. The molecule has 0 atom stereocenters. The van der Waals surface area contributed by atoms with Crippen LogP contribution < -0.4 is 5.32 Å². The third-order valence-corrected chi connectivity index (χ3v) is 3.04. The first kappa shape index (κ1) is 15.3. The number of carbonyl (C=O) groups is 2. The molecule has 7 heteroatoms. The highest BCUT2D eigenvalue weighted by Gasteiger charge is 2.18. The second-order valence-corrected chi connectivity index (χ2v) is 4.80. The fraction of sp³-hybridized carbons (Fsp3) is 0.333.